The van der Waals surface area contributed by atoms with E-state index in [1.54, 1.807) is 18.2 Å². The van der Waals surface area contributed by atoms with Crippen LogP contribution in [0.15, 0.2) is 18.2 Å². The monoisotopic (exact) mass is 295 g/mol. The number of carboxylic acid groups (broad SMARTS) is 1. The molecule has 0 saturated carbocycles. The first-order chi connectivity index (χ1) is 9.93. The molecule has 1 aromatic carbocycles. The summed E-state index contributed by atoms with van der Waals surface area (Å²) in [5.41, 5.74) is 0.397. The van der Waals surface area contributed by atoms with E-state index in [4.69, 9.17) is 14.6 Å². The highest BCUT2D eigenvalue weighted by Gasteiger charge is 2.11. The van der Waals surface area contributed by atoms with Gasteiger partial charge in [-0.2, -0.15) is 0 Å². The summed E-state index contributed by atoms with van der Waals surface area (Å²) in [6, 6.07) is 4.87. The van der Waals surface area contributed by atoms with Gasteiger partial charge in [0, 0.05) is 12.1 Å². The number of ether oxygens (including phenoxy) is 2. The summed E-state index contributed by atoms with van der Waals surface area (Å²) in [6.07, 6.45) is -0.113. The van der Waals surface area contributed by atoms with E-state index in [9.17, 15) is 9.59 Å². The predicted molar refractivity (Wildman–Crippen MR) is 77.9 cm³/mol. The molecule has 0 fully saturated rings. The average Bonchev–Trinajstić information content (AvgIpc) is 2.44. The Morgan fingerprint density at radius 3 is 2.57 bits per heavy atom. The SMILES string of the molecule is COc1cc(C(=O)NCCC(=O)O)ccc1OCC(C)C. The van der Waals surface area contributed by atoms with E-state index in [0.29, 0.717) is 29.6 Å². The molecule has 21 heavy (non-hydrogen) atoms. The second-order valence-electron chi connectivity index (χ2n) is 4.97. The van der Waals surface area contributed by atoms with Gasteiger partial charge < -0.3 is 19.9 Å². The van der Waals surface area contributed by atoms with Crippen LogP contribution in [0, 0.1) is 5.92 Å². The van der Waals surface area contributed by atoms with E-state index >= 15 is 0 Å². The first-order valence-electron chi connectivity index (χ1n) is 6.75. The van der Waals surface area contributed by atoms with E-state index in [2.05, 4.69) is 5.32 Å². The topological polar surface area (TPSA) is 84.9 Å². The van der Waals surface area contributed by atoms with Gasteiger partial charge in [0.15, 0.2) is 11.5 Å². The Balaban J connectivity index is 2.71. The number of hydrogen-bond donors (Lipinski definition) is 2. The molecule has 116 valence electrons. The maximum absolute atomic E-state index is 11.9. The van der Waals surface area contributed by atoms with Crippen molar-refractivity contribution in [3.05, 3.63) is 23.8 Å². The van der Waals surface area contributed by atoms with Crippen molar-refractivity contribution in [2.24, 2.45) is 5.92 Å². The minimum atomic E-state index is -0.953. The molecule has 6 nitrogen and oxygen atoms in total. The largest absolute Gasteiger partial charge is 0.493 e. The first kappa shape index (κ1) is 16.8. The van der Waals surface area contributed by atoms with Gasteiger partial charge in [0.05, 0.1) is 20.1 Å². The second-order valence-corrected chi connectivity index (χ2v) is 4.97. The molecular weight excluding hydrogens is 274 g/mol. The lowest BCUT2D eigenvalue weighted by molar-refractivity contribution is -0.136. The van der Waals surface area contributed by atoms with Crippen LogP contribution in [-0.4, -0.2) is 37.2 Å². The molecule has 0 spiro atoms. The van der Waals surface area contributed by atoms with E-state index in [1.807, 2.05) is 13.8 Å². The molecule has 1 aromatic rings. The number of nitrogens with one attached hydrogen (secondary N) is 1. The zero-order chi connectivity index (χ0) is 15.8. The highest BCUT2D eigenvalue weighted by Crippen LogP contribution is 2.28. The third kappa shape index (κ3) is 5.72. The van der Waals surface area contributed by atoms with Gasteiger partial charge >= 0.3 is 5.97 Å². The zero-order valence-corrected chi connectivity index (χ0v) is 12.5. The Morgan fingerprint density at radius 1 is 1.29 bits per heavy atom. The van der Waals surface area contributed by atoms with Crippen molar-refractivity contribution < 1.29 is 24.2 Å². The number of hydrogen-bond acceptors (Lipinski definition) is 4. The summed E-state index contributed by atoms with van der Waals surface area (Å²) >= 11 is 0. The number of amides is 1. The average molecular weight is 295 g/mol. The molecule has 0 aliphatic rings. The summed E-state index contributed by atoms with van der Waals surface area (Å²) in [4.78, 5) is 22.3. The number of benzene rings is 1. The summed E-state index contributed by atoms with van der Waals surface area (Å²) < 4.78 is 10.8. The van der Waals surface area contributed by atoms with Gasteiger partial charge in [-0.05, 0) is 24.1 Å². The summed E-state index contributed by atoms with van der Waals surface area (Å²) in [5, 5.41) is 11.1. The van der Waals surface area contributed by atoms with Gasteiger partial charge in [-0.25, -0.2) is 0 Å². The van der Waals surface area contributed by atoms with Crippen molar-refractivity contribution in [2.75, 3.05) is 20.3 Å². The molecule has 0 aromatic heterocycles. The van der Waals surface area contributed by atoms with Crippen LogP contribution in [0.25, 0.3) is 0 Å². The van der Waals surface area contributed by atoms with Crippen LogP contribution in [0.3, 0.4) is 0 Å². The second kappa shape index (κ2) is 8.14. The fourth-order valence-electron chi connectivity index (χ4n) is 1.57. The van der Waals surface area contributed by atoms with E-state index < -0.39 is 5.97 Å². The molecule has 0 aliphatic carbocycles. The molecule has 2 N–H and O–H groups in total. The fourth-order valence-corrected chi connectivity index (χ4v) is 1.57. The molecule has 0 saturated heterocycles. The van der Waals surface area contributed by atoms with Crippen molar-refractivity contribution in [2.45, 2.75) is 20.3 Å². The Labute approximate surface area is 124 Å². The van der Waals surface area contributed by atoms with Crippen LogP contribution in [0.2, 0.25) is 0 Å². The molecular formula is C15H21NO5. The van der Waals surface area contributed by atoms with E-state index in [0.717, 1.165) is 0 Å². The smallest absolute Gasteiger partial charge is 0.305 e. The van der Waals surface area contributed by atoms with Crippen LogP contribution in [0.1, 0.15) is 30.6 Å². The van der Waals surface area contributed by atoms with Crippen LogP contribution >= 0.6 is 0 Å². The minimum absolute atomic E-state index is 0.0854. The summed E-state index contributed by atoms with van der Waals surface area (Å²) in [5.74, 6) is 0.138. The molecule has 0 aliphatic heterocycles. The van der Waals surface area contributed by atoms with E-state index in [1.165, 1.54) is 7.11 Å². The van der Waals surface area contributed by atoms with Crippen LogP contribution in [0.4, 0.5) is 0 Å². The number of carbonyl (C=O) groups excluding carboxylic acids is 1. The highest BCUT2D eigenvalue weighted by molar-refractivity contribution is 5.95. The van der Waals surface area contributed by atoms with Crippen LogP contribution in [-0.2, 0) is 4.79 Å². The molecule has 6 heteroatoms. The lowest BCUT2D eigenvalue weighted by Gasteiger charge is -2.13. The third-order valence-electron chi connectivity index (χ3n) is 2.62. The number of carboxylic acids is 1. The number of rotatable bonds is 8. The summed E-state index contributed by atoms with van der Waals surface area (Å²) in [6.45, 7) is 4.72. The maximum atomic E-state index is 11.9. The summed E-state index contributed by atoms with van der Waals surface area (Å²) in [7, 11) is 1.50. The molecule has 0 heterocycles. The van der Waals surface area contributed by atoms with Crippen LogP contribution in [0.5, 0.6) is 11.5 Å². The van der Waals surface area contributed by atoms with Crippen molar-refractivity contribution in [1.29, 1.82) is 0 Å². The van der Waals surface area contributed by atoms with Crippen molar-refractivity contribution in [3.63, 3.8) is 0 Å². The molecule has 0 unspecified atom stereocenters. The third-order valence-corrected chi connectivity index (χ3v) is 2.62. The fraction of sp³-hybridized carbons (Fsp3) is 0.467. The molecule has 1 rings (SSSR count). The lowest BCUT2D eigenvalue weighted by Crippen LogP contribution is -2.26. The quantitative estimate of drug-likeness (QED) is 0.765. The Hall–Kier alpha value is -2.24. The number of methoxy groups -OCH3 is 1. The maximum Gasteiger partial charge on any atom is 0.305 e. The molecule has 0 radical (unpaired) electrons. The highest BCUT2D eigenvalue weighted by atomic mass is 16.5. The van der Waals surface area contributed by atoms with Crippen molar-refractivity contribution in [3.8, 4) is 11.5 Å². The molecule has 0 atom stereocenters. The number of aliphatic carboxylic acids is 1. The predicted octanol–water partition coefficient (Wildman–Crippen LogP) is 1.93. The number of carbonyl (C=O) groups is 2. The van der Waals surface area contributed by atoms with E-state index in [-0.39, 0.29) is 18.9 Å². The van der Waals surface area contributed by atoms with Gasteiger partial charge in [-0.1, -0.05) is 13.8 Å². The lowest BCUT2D eigenvalue weighted by atomic mass is 10.2. The van der Waals surface area contributed by atoms with Gasteiger partial charge in [-0.15, -0.1) is 0 Å². The zero-order valence-electron chi connectivity index (χ0n) is 12.5. The standard InChI is InChI=1S/C15H21NO5/c1-10(2)9-21-12-5-4-11(8-13(12)20-3)15(19)16-7-6-14(17)18/h4-5,8,10H,6-7,9H2,1-3H3,(H,16,19)(H,17,18). The van der Waals surface area contributed by atoms with Crippen molar-refractivity contribution >= 4 is 11.9 Å². The van der Waals surface area contributed by atoms with Gasteiger partial charge in [0.25, 0.3) is 5.91 Å². The van der Waals surface area contributed by atoms with Crippen LogP contribution < -0.4 is 14.8 Å². The van der Waals surface area contributed by atoms with Gasteiger partial charge in [-0.3, -0.25) is 9.59 Å². The Morgan fingerprint density at radius 2 is 2.00 bits per heavy atom. The first-order valence-corrected chi connectivity index (χ1v) is 6.75. The minimum Gasteiger partial charge on any atom is -0.493 e. The normalized spacial score (nSPS) is 10.3. The molecule has 0 bridgehead atoms. The van der Waals surface area contributed by atoms with Gasteiger partial charge in [0.2, 0.25) is 0 Å². The molecule has 1 amide bonds. The van der Waals surface area contributed by atoms with Crippen molar-refractivity contribution in [1.82, 2.24) is 5.32 Å². The Bertz CT molecular complexity index is 499. The van der Waals surface area contributed by atoms with Gasteiger partial charge in [0.1, 0.15) is 0 Å². The Kier molecular flexibility index (Phi) is 6.52.